The number of nitrogens with two attached hydrogens (primary N) is 1. The van der Waals surface area contributed by atoms with Crippen LogP contribution in [0, 0.1) is 5.92 Å². The largest absolute Gasteiger partial charge is 0.497 e. The van der Waals surface area contributed by atoms with Crippen LogP contribution in [0.25, 0.3) is 0 Å². The van der Waals surface area contributed by atoms with Crippen LogP contribution in [-0.4, -0.2) is 31.5 Å². The van der Waals surface area contributed by atoms with Crippen molar-refractivity contribution in [3.05, 3.63) is 65.7 Å². The van der Waals surface area contributed by atoms with Crippen LogP contribution >= 0.6 is 0 Å². The smallest absolute Gasteiger partial charge is 0.252 e. The summed E-state index contributed by atoms with van der Waals surface area (Å²) in [6.07, 6.45) is 2.24. The number of nitrogens with one attached hydrogen (secondary N) is 2. The molecule has 2 aromatic carbocycles. The summed E-state index contributed by atoms with van der Waals surface area (Å²) < 4.78 is 5.11. The summed E-state index contributed by atoms with van der Waals surface area (Å²) in [6.45, 7) is 0.408. The van der Waals surface area contributed by atoms with Gasteiger partial charge in [-0.3, -0.25) is 9.59 Å². The van der Waals surface area contributed by atoms with Crippen LogP contribution < -0.4 is 21.1 Å². The Bertz CT molecular complexity index is 773. The maximum Gasteiger partial charge on any atom is 0.252 e. The topological polar surface area (TPSA) is 93.4 Å². The molecule has 0 aromatic heterocycles. The second-order valence-electron chi connectivity index (χ2n) is 6.79. The summed E-state index contributed by atoms with van der Waals surface area (Å²) in [6, 6.07) is 15.1. The van der Waals surface area contributed by atoms with Crippen LogP contribution in [0.3, 0.4) is 0 Å². The molecule has 27 heavy (non-hydrogen) atoms. The third-order valence-corrected chi connectivity index (χ3v) is 4.76. The molecule has 0 radical (unpaired) electrons. The highest BCUT2D eigenvalue weighted by Gasteiger charge is 2.30. The molecule has 0 aliphatic heterocycles. The normalized spacial score (nSPS) is 15.5. The SMILES string of the molecule is COc1ccc(C(=O)NC(C(=O)NCC(N)C2CC2)c2ccccc2)cc1. The van der Waals surface area contributed by atoms with Crippen molar-refractivity contribution in [2.24, 2.45) is 11.7 Å². The molecule has 142 valence electrons. The van der Waals surface area contributed by atoms with Gasteiger partial charge >= 0.3 is 0 Å². The third kappa shape index (κ3) is 5.08. The van der Waals surface area contributed by atoms with Crippen molar-refractivity contribution in [2.75, 3.05) is 13.7 Å². The molecule has 4 N–H and O–H groups in total. The Balaban J connectivity index is 1.70. The molecule has 2 atom stereocenters. The van der Waals surface area contributed by atoms with Crippen molar-refractivity contribution in [1.82, 2.24) is 10.6 Å². The minimum Gasteiger partial charge on any atom is -0.497 e. The number of carbonyl (C=O) groups excluding carboxylic acids is 2. The van der Waals surface area contributed by atoms with Crippen LogP contribution in [0.15, 0.2) is 54.6 Å². The molecule has 0 bridgehead atoms. The van der Waals surface area contributed by atoms with Crippen LogP contribution in [0.4, 0.5) is 0 Å². The van der Waals surface area contributed by atoms with Gasteiger partial charge in [-0.2, -0.15) is 0 Å². The van der Waals surface area contributed by atoms with Gasteiger partial charge in [-0.05, 0) is 48.6 Å². The fourth-order valence-electron chi connectivity index (χ4n) is 2.91. The Kier molecular flexibility index (Phi) is 6.08. The van der Waals surface area contributed by atoms with Crippen molar-refractivity contribution in [3.8, 4) is 5.75 Å². The summed E-state index contributed by atoms with van der Waals surface area (Å²) in [5.74, 6) is 0.569. The highest BCUT2D eigenvalue weighted by atomic mass is 16.5. The van der Waals surface area contributed by atoms with Crippen molar-refractivity contribution in [1.29, 1.82) is 0 Å². The number of amides is 2. The molecule has 0 spiro atoms. The van der Waals surface area contributed by atoms with E-state index in [0.717, 1.165) is 18.4 Å². The molecule has 0 saturated heterocycles. The summed E-state index contributed by atoms with van der Waals surface area (Å²) in [5.41, 5.74) is 7.25. The highest BCUT2D eigenvalue weighted by Crippen LogP contribution is 2.31. The van der Waals surface area contributed by atoms with E-state index in [1.165, 1.54) is 0 Å². The molecule has 1 saturated carbocycles. The molecule has 6 heteroatoms. The Labute approximate surface area is 159 Å². The van der Waals surface area contributed by atoms with E-state index in [2.05, 4.69) is 10.6 Å². The molecule has 6 nitrogen and oxygen atoms in total. The summed E-state index contributed by atoms with van der Waals surface area (Å²) in [7, 11) is 1.57. The summed E-state index contributed by atoms with van der Waals surface area (Å²) in [4.78, 5) is 25.4. The maximum atomic E-state index is 12.8. The average Bonchev–Trinajstić information content (AvgIpc) is 3.56. The van der Waals surface area contributed by atoms with Gasteiger partial charge in [0.25, 0.3) is 5.91 Å². The van der Waals surface area contributed by atoms with Gasteiger partial charge in [-0.1, -0.05) is 30.3 Å². The minimum absolute atomic E-state index is 0.0392. The van der Waals surface area contributed by atoms with E-state index in [0.29, 0.717) is 23.8 Å². The molecular formula is C21H25N3O3. The van der Waals surface area contributed by atoms with Gasteiger partial charge in [-0.25, -0.2) is 0 Å². The van der Waals surface area contributed by atoms with Gasteiger partial charge in [0, 0.05) is 18.2 Å². The lowest BCUT2D eigenvalue weighted by molar-refractivity contribution is -0.123. The van der Waals surface area contributed by atoms with E-state index in [1.807, 2.05) is 30.3 Å². The van der Waals surface area contributed by atoms with Crippen LogP contribution in [0.5, 0.6) is 5.75 Å². The Morgan fingerprint density at radius 3 is 2.37 bits per heavy atom. The van der Waals surface area contributed by atoms with Gasteiger partial charge in [0.1, 0.15) is 11.8 Å². The molecule has 2 aromatic rings. The fraction of sp³-hybridized carbons (Fsp3) is 0.333. The van der Waals surface area contributed by atoms with Crippen molar-refractivity contribution < 1.29 is 14.3 Å². The number of methoxy groups -OCH3 is 1. The van der Waals surface area contributed by atoms with Crippen LogP contribution in [0.1, 0.15) is 34.8 Å². The Hall–Kier alpha value is -2.86. The van der Waals surface area contributed by atoms with E-state index in [9.17, 15) is 9.59 Å². The van der Waals surface area contributed by atoms with Crippen molar-refractivity contribution in [2.45, 2.75) is 24.9 Å². The van der Waals surface area contributed by atoms with Gasteiger partial charge in [0.15, 0.2) is 0 Å². The summed E-state index contributed by atoms with van der Waals surface area (Å²) >= 11 is 0. The first-order valence-corrected chi connectivity index (χ1v) is 9.11. The van der Waals surface area contributed by atoms with Gasteiger partial charge < -0.3 is 21.1 Å². The number of benzene rings is 2. The predicted molar refractivity (Wildman–Crippen MR) is 103 cm³/mol. The number of hydrogen-bond acceptors (Lipinski definition) is 4. The fourth-order valence-corrected chi connectivity index (χ4v) is 2.91. The van der Waals surface area contributed by atoms with Gasteiger partial charge in [0.05, 0.1) is 7.11 Å². The van der Waals surface area contributed by atoms with E-state index in [-0.39, 0.29) is 17.9 Å². The minimum atomic E-state index is -0.785. The molecule has 1 aliphatic carbocycles. The zero-order valence-corrected chi connectivity index (χ0v) is 15.4. The zero-order chi connectivity index (χ0) is 19.2. The molecule has 1 fully saturated rings. The number of ether oxygens (including phenoxy) is 1. The van der Waals surface area contributed by atoms with Crippen molar-refractivity contribution in [3.63, 3.8) is 0 Å². The maximum absolute atomic E-state index is 12.8. The van der Waals surface area contributed by atoms with E-state index < -0.39 is 6.04 Å². The first-order valence-electron chi connectivity index (χ1n) is 9.11. The van der Waals surface area contributed by atoms with Gasteiger partial charge in [-0.15, -0.1) is 0 Å². The van der Waals surface area contributed by atoms with Crippen LogP contribution in [-0.2, 0) is 4.79 Å². The molecule has 3 rings (SSSR count). The van der Waals surface area contributed by atoms with E-state index >= 15 is 0 Å². The lowest BCUT2D eigenvalue weighted by Gasteiger charge is -2.20. The molecule has 2 unspecified atom stereocenters. The van der Waals surface area contributed by atoms with Gasteiger partial charge in [0.2, 0.25) is 5.91 Å². The number of rotatable bonds is 8. The third-order valence-electron chi connectivity index (χ3n) is 4.76. The van der Waals surface area contributed by atoms with E-state index in [4.69, 9.17) is 10.5 Å². The molecule has 0 heterocycles. The van der Waals surface area contributed by atoms with Crippen LogP contribution in [0.2, 0.25) is 0 Å². The molecule has 2 amide bonds. The molecule has 1 aliphatic rings. The molecular weight excluding hydrogens is 342 g/mol. The lowest BCUT2D eigenvalue weighted by Crippen LogP contribution is -2.45. The monoisotopic (exact) mass is 367 g/mol. The second kappa shape index (κ2) is 8.68. The standard InChI is InChI=1S/C21H25N3O3/c1-27-17-11-9-16(10-12-17)20(25)24-19(15-5-3-2-4-6-15)21(26)23-13-18(22)14-7-8-14/h2-6,9-12,14,18-19H,7-8,13,22H2,1H3,(H,23,26)(H,24,25). The summed E-state index contributed by atoms with van der Waals surface area (Å²) in [5, 5.41) is 5.70. The lowest BCUT2D eigenvalue weighted by atomic mass is 10.0. The Morgan fingerprint density at radius 1 is 1.11 bits per heavy atom. The zero-order valence-electron chi connectivity index (χ0n) is 15.4. The highest BCUT2D eigenvalue weighted by molar-refractivity contribution is 5.98. The van der Waals surface area contributed by atoms with E-state index in [1.54, 1.807) is 31.4 Å². The predicted octanol–water partition coefficient (Wildman–Crippen LogP) is 2.02. The first-order chi connectivity index (χ1) is 13.1. The van der Waals surface area contributed by atoms with Crippen molar-refractivity contribution >= 4 is 11.8 Å². The Morgan fingerprint density at radius 2 is 1.78 bits per heavy atom. The first kappa shape index (κ1) is 18.9. The number of carbonyl (C=O) groups is 2. The number of hydrogen-bond donors (Lipinski definition) is 3. The average molecular weight is 367 g/mol. The quantitative estimate of drug-likeness (QED) is 0.665. The second-order valence-corrected chi connectivity index (χ2v) is 6.79.